The summed E-state index contributed by atoms with van der Waals surface area (Å²) in [5, 5.41) is 2.66. The van der Waals surface area contributed by atoms with Crippen molar-refractivity contribution in [1.82, 2.24) is 9.88 Å². The number of hydrogen-bond acceptors (Lipinski definition) is 3. The fraction of sp³-hybridized carbons (Fsp3) is 0.600. The molecule has 0 unspecified atom stereocenters. The fourth-order valence-corrected chi connectivity index (χ4v) is 2.89. The molecule has 20 heavy (non-hydrogen) atoms. The Labute approximate surface area is 119 Å². The van der Waals surface area contributed by atoms with Gasteiger partial charge < -0.3 is 10.2 Å². The molecule has 0 spiro atoms. The van der Waals surface area contributed by atoms with Gasteiger partial charge in [-0.1, -0.05) is 13.8 Å². The predicted octanol–water partition coefficient (Wildman–Crippen LogP) is 2.91. The summed E-state index contributed by atoms with van der Waals surface area (Å²) in [5.74, 6) is -0.678. The Balaban J connectivity index is 2.21. The first-order valence-corrected chi connectivity index (χ1v) is 7.18. The number of amides is 1. The van der Waals surface area contributed by atoms with Crippen molar-refractivity contribution in [2.24, 2.45) is 5.41 Å². The monoisotopic (exact) mass is 279 g/mol. The van der Waals surface area contributed by atoms with Crippen molar-refractivity contribution >= 4 is 11.7 Å². The molecular formula is C15H22FN3O. The third kappa shape index (κ3) is 2.49. The molecule has 1 aliphatic heterocycles. The first-order valence-electron chi connectivity index (χ1n) is 7.18. The highest BCUT2D eigenvalue weighted by Gasteiger charge is 2.37. The van der Waals surface area contributed by atoms with Gasteiger partial charge in [0, 0.05) is 26.3 Å². The smallest absolute Gasteiger partial charge is 0.257 e. The van der Waals surface area contributed by atoms with Crippen LogP contribution >= 0.6 is 0 Å². The van der Waals surface area contributed by atoms with Crippen LogP contribution in [0.1, 0.15) is 43.5 Å². The number of aromatic nitrogens is 1. The summed E-state index contributed by atoms with van der Waals surface area (Å²) in [6, 6.07) is 1.45. The van der Waals surface area contributed by atoms with E-state index in [-0.39, 0.29) is 22.7 Å². The summed E-state index contributed by atoms with van der Waals surface area (Å²) in [4.78, 5) is 18.1. The van der Waals surface area contributed by atoms with Crippen molar-refractivity contribution < 1.29 is 9.18 Å². The zero-order valence-electron chi connectivity index (χ0n) is 12.4. The summed E-state index contributed by atoms with van der Waals surface area (Å²) in [6.45, 7) is 5.74. The van der Waals surface area contributed by atoms with E-state index in [0.29, 0.717) is 6.54 Å². The lowest BCUT2D eigenvalue weighted by molar-refractivity contribution is 0.0765. The van der Waals surface area contributed by atoms with Gasteiger partial charge in [-0.05, 0) is 30.7 Å². The van der Waals surface area contributed by atoms with Crippen LogP contribution in [0.4, 0.5) is 10.2 Å². The molecule has 1 N–H and O–H groups in total. The quantitative estimate of drug-likeness (QED) is 0.921. The first kappa shape index (κ1) is 14.8. The summed E-state index contributed by atoms with van der Waals surface area (Å²) in [5.41, 5.74) is 0.303. The second kappa shape index (κ2) is 5.77. The van der Waals surface area contributed by atoms with E-state index in [9.17, 15) is 9.18 Å². The van der Waals surface area contributed by atoms with E-state index < -0.39 is 5.82 Å². The minimum atomic E-state index is -0.564. The van der Waals surface area contributed by atoms with Crippen LogP contribution in [-0.2, 0) is 0 Å². The van der Waals surface area contributed by atoms with E-state index in [1.165, 1.54) is 12.3 Å². The van der Waals surface area contributed by atoms with Crippen LogP contribution in [-0.4, -0.2) is 35.9 Å². The number of anilines is 1. The summed E-state index contributed by atoms with van der Waals surface area (Å²) in [7, 11) is 1.59. The van der Waals surface area contributed by atoms with Gasteiger partial charge in [-0.25, -0.2) is 9.37 Å². The van der Waals surface area contributed by atoms with Gasteiger partial charge in [-0.2, -0.15) is 0 Å². The van der Waals surface area contributed by atoms with Crippen molar-refractivity contribution in [2.45, 2.75) is 33.1 Å². The number of hydrogen-bond donors (Lipinski definition) is 1. The molecule has 4 nitrogen and oxygen atoms in total. The maximum atomic E-state index is 14.2. The molecule has 0 aliphatic carbocycles. The molecule has 5 heteroatoms. The molecule has 0 aromatic carbocycles. The predicted molar refractivity (Wildman–Crippen MR) is 77.3 cm³/mol. The lowest BCUT2D eigenvalue weighted by atomic mass is 9.82. The molecule has 0 saturated carbocycles. The van der Waals surface area contributed by atoms with Gasteiger partial charge >= 0.3 is 0 Å². The average molecular weight is 279 g/mol. The van der Waals surface area contributed by atoms with Crippen molar-refractivity contribution in [1.29, 1.82) is 0 Å². The normalized spacial score (nSPS) is 17.3. The van der Waals surface area contributed by atoms with Gasteiger partial charge in [0.2, 0.25) is 0 Å². The van der Waals surface area contributed by atoms with Gasteiger partial charge in [0.15, 0.2) is 11.6 Å². The standard InChI is InChI=1S/C15H22FN3O/c1-4-15(5-2)7-9-19(10-15)14(20)11-6-8-18-13(17-3)12(11)16/h6,8H,4-5,7,9-10H2,1-3H3,(H,17,18). The second-order valence-corrected chi connectivity index (χ2v) is 5.45. The number of carbonyl (C=O) groups excluding carboxylic acids is 1. The van der Waals surface area contributed by atoms with Gasteiger partial charge in [-0.15, -0.1) is 0 Å². The van der Waals surface area contributed by atoms with E-state index in [0.717, 1.165) is 25.8 Å². The van der Waals surface area contributed by atoms with E-state index >= 15 is 0 Å². The molecule has 0 atom stereocenters. The summed E-state index contributed by atoms with van der Waals surface area (Å²) < 4.78 is 14.2. The van der Waals surface area contributed by atoms with Gasteiger partial charge in [-0.3, -0.25) is 4.79 Å². The number of nitrogens with zero attached hydrogens (tertiary/aromatic N) is 2. The zero-order valence-corrected chi connectivity index (χ0v) is 12.4. The minimum Gasteiger partial charge on any atom is -0.371 e. The molecule has 1 aliphatic rings. The number of nitrogens with one attached hydrogen (secondary N) is 1. The average Bonchev–Trinajstić information content (AvgIpc) is 2.92. The molecule has 1 aromatic rings. The highest BCUT2D eigenvalue weighted by Crippen LogP contribution is 2.37. The number of carbonyl (C=O) groups is 1. The molecule has 2 heterocycles. The van der Waals surface area contributed by atoms with Crippen molar-refractivity contribution in [3.63, 3.8) is 0 Å². The Morgan fingerprint density at radius 1 is 1.50 bits per heavy atom. The third-order valence-electron chi connectivity index (χ3n) is 4.58. The molecule has 1 saturated heterocycles. The zero-order chi connectivity index (χ0) is 14.8. The summed E-state index contributed by atoms with van der Waals surface area (Å²) in [6.07, 6.45) is 4.56. The first-order chi connectivity index (χ1) is 9.56. The fourth-order valence-electron chi connectivity index (χ4n) is 2.89. The minimum absolute atomic E-state index is 0.104. The highest BCUT2D eigenvalue weighted by molar-refractivity contribution is 5.95. The van der Waals surface area contributed by atoms with Crippen molar-refractivity contribution in [3.8, 4) is 0 Å². The molecule has 110 valence electrons. The van der Waals surface area contributed by atoms with Crippen LogP contribution in [0.2, 0.25) is 0 Å². The van der Waals surface area contributed by atoms with Crippen LogP contribution in [0.5, 0.6) is 0 Å². The summed E-state index contributed by atoms with van der Waals surface area (Å²) >= 11 is 0. The van der Waals surface area contributed by atoms with Crippen LogP contribution in [0.15, 0.2) is 12.3 Å². The van der Waals surface area contributed by atoms with E-state index in [4.69, 9.17) is 0 Å². The number of halogens is 1. The Hall–Kier alpha value is -1.65. The van der Waals surface area contributed by atoms with Crippen molar-refractivity contribution in [2.75, 3.05) is 25.5 Å². The molecule has 0 radical (unpaired) electrons. The van der Waals surface area contributed by atoms with Gasteiger partial charge in [0.05, 0.1) is 5.56 Å². The van der Waals surface area contributed by atoms with Gasteiger partial charge in [0.25, 0.3) is 5.91 Å². The highest BCUT2D eigenvalue weighted by atomic mass is 19.1. The van der Waals surface area contributed by atoms with E-state index in [1.807, 2.05) is 0 Å². The lowest BCUT2D eigenvalue weighted by Gasteiger charge is -2.26. The second-order valence-electron chi connectivity index (χ2n) is 5.45. The van der Waals surface area contributed by atoms with E-state index in [2.05, 4.69) is 24.1 Å². The molecular weight excluding hydrogens is 257 g/mol. The van der Waals surface area contributed by atoms with Crippen molar-refractivity contribution in [3.05, 3.63) is 23.6 Å². The molecule has 2 rings (SSSR count). The molecule has 0 bridgehead atoms. The Bertz CT molecular complexity index is 500. The Morgan fingerprint density at radius 3 is 2.75 bits per heavy atom. The molecule has 1 aromatic heterocycles. The Morgan fingerprint density at radius 2 is 2.20 bits per heavy atom. The lowest BCUT2D eigenvalue weighted by Crippen LogP contribution is -2.32. The topological polar surface area (TPSA) is 45.2 Å². The number of pyridine rings is 1. The number of likely N-dealkylation sites (tertiary alicyclic amines) is 1. The maximum Gasteiger partial charge on any atom is 0.257 e. The van der Waals surface area contributed by atoms with Gasteiger partial charge in [0.1, 0.15) is 0 Å². The third-order valence-corrected chi connectivity index (χ3v) is 4.58. The number of rotatable bonds is 4. The Kier molecular flexibility index (Phi) is 4.26. The van der Waals surface area contributed by atoms with Crippen LogP contribution in [0, 0.1) is 11.2 Å². The SMILES string of the molecule is CCC1(CC)CCN(C(=O)c2ccnc(NC)c2F)C1. The van der Waals surface area contributed by atoms with E-state index in [1.54, 1.807) is 11.9 Å². The molecule has 1 fully saturated rings. The van der Waals surface area contributed by atoms with Crippen LogP contribution < -0.4 is 5.32 Å². The maximum absolute atomic E-state index is 14.2. The molecule has 1 amide bonds. The van der Waals surface area contributed by atoms with Crippen LogP contribution in [0.25, 0.3) is 0 Å². The van der Waals surface area contributed by atoms with Crippen LogP contribution in [0.3, 0.4) is 0 Å². The largest absolute Gasteiger partial charge is 0.371 e.